The Labute approximate surface area is 81.7 Å². The molecule has 6 heteroatoms. The van der Waals surface area contributed by atoms with Crippen molar-refractivity contribution in [1.29, 1.82) is 0 Å². The van der Waals surface area contributed by atoms with Crippen LogP contribution in [0.4, 0.5) is 0 Å². The Balaban J connectivity index is 2.63. The van der Waals surface area contributed by atoms with Crippen LogP contribution in [0.15, 0.2) is 0 Å². The molecule has 0 radical (unpaired) electrons. The fourth-order valence-electron chi connectivity index (χ4n) is 1.37. The van der Waals surface area contributed by atoms with Gasteiger partial charge in [0, 0.05) is 6.61 Å². The highest BCUT2D eigenvalue weighted by molar-refractivity contribution is 4.88. The third-order valence-electron chi connectivity index (χ3n) is 2.18. The van der Waals surface area contributed by atoms with E-state index in [2.05, 4.69) is 0 Å². The van der Waals surface area contributed by atoms with E-state index in [0.717, 1.165) is 0 Å². The zero-order valence-corrected chi connectivity index (χ0v) is 7.91. The van der Waals surface area contributed by atoms with Gasteiger partial charge in [0.2, 0.25) is 0 Å². The predicted octanol–water partition coefficient (Wildman–Crippen LogP) is -2.18. The fraction of sp³-hybridized carbons (Fsp3) is 1.00. The van der Waals surface area contributed by atoms with Crippen LogP contribution in [0.3, 0.4) is 0 Å². The van der Waals surface area contributed by atoms with Crippen molar-refractivity contribution in [3.8, 4) is 0 Å². The van der Waals surface area contributed by atoms with Gasteiger partial charge in [0.25, 0.3) is 0 Å². The van der Waals surface area contributed by atoms with Crippen LogP contribution in [0.1, 0.15) is 6.92 Å². The lowest BCUT2D eigenvalue weighted by molar-refractivity contribution is -0.300. The Kier molecular flexibility index (Phi) is 4.24. The van der Waals surface area contributed by atoms with Crippen molar-refractivity contribution in [3.05, 3.63) is 0 Å². The van der Waals surface area contributed by atoms with Gasteiger partial charge in [0.1, 0.15) is 24.4 Å². The first kappa shape index (κ1) is 11.8. The maximum absolute atomic E-state index is 9.41. The maximum atomic E-state index is 9.41. The molecule has 1 rings (SSSR count). The Hall–Kier alpha value is -0.240. The summed E-state index contributed by atoms with van der Waals surface area (Å²) >= 11 is 0. The average Bonchev–Trinajstić information content (AvgIpc) is 2.19. The minimum atomic E-state index is -1.36. The zero-order chi connectivity index (χ0) is 10.7. The van der Waals surface area contributed by atoms with E-state index >= 15 is 0 Å². The molecule has 1 aliphatic rings. The maximum Gasteiger partial charge on any atom is 0.186 e. The van der Waals surface area contributed by atoms with Gasteiger partial charge in [-0.1, -0.05) is 0 Å². The molecule has 0 aromatic heterocycles. The molecule has 0 saturated carbocycles. The van der Waals surface area contributed by atoms with Crippen molar-refractivity contribution in [2.24, 2.45) is 0 Å². The topological polar surface area (TPSA) is 99.4 Å². The minimum Gasteiger partial charge on any atom is -0.394 e. The first-order valence-corrected chi connectivity index (χ1v) is 4.54. The number of ether oxygens (including phenoxy) is 2. The molecule has 4 N–H and O–H groups in total. The summed E-state index contributed by atoms with van der Waals surface area (Å²) in [7, 11) is 0. The Morgan fingerprint density at radius 1 is 1.14 bits per heavy atom. The second-order valence-electron chi connectivity index (χ2n) is 3.15. The molecule has 5 atom stereocenters. The van der Waals surface area contributed by atoms with Gasteiger partial charge in [0.05, 0.1) is 6.61 Å². The number of aliphatic hydroxyl groups is 4. The zero-order valence-electron chi connectivity index (χ0n) is 7.91. The average molecular weight is 208 g/mol. The molecular weight excluding hydrogens is 192 g/mol. The summed E-state index contributed by atoms with van der Waals surface area (Å²) in [5, 5.41) is 36.9. The molecule has 0 unspecified atom stereocenters. The van der Waals surface area contributed by atoms with E-state index in [1.807, 2.05) is 0 Å². The standard InChI is InChI=1S/C8H16O6/c1-2-13-8-7(12)6(11)5(10)4(3-9)14-8/h4-12H,2-3H2,1H3/t4-,5+,6-,7+,8-/m1/s1. The van der Waals surface area contributed by atoms with Crippen molar-refractivity contribution < 1.29 is 29.9 Å². The van der Waals surface area contributed by atoms with Crippen molar-refractivity contribution in [2.45, 2.75) is 37.6 Å². The SMILES string of the molecule is CCO[C@@H]1O[C@H](CO)[C@H](O)[C@@H](O)[C@@H]1O. The lowest BCUT2D eigenvalue weighted by Crippen LogP contribution is -2.59. The molecule has 0 aromatic rings. The van der Waals surface area contributed by atoms with E-state index in [-0.39, 0.29) is 0 Å². The van der Waals surface area contributed by atoms with Gasteiger partial charge < -0.3 is 29.9 Å². The van der Waals surface area contributed by atoms with E-state index < -0.39 is 37.3 Å². The van der Waals surface area contributed by atoms with E-state index in [0.29, 0.717) is 6.61 Å². The molecule has 1 fully saturated rings. The van der Waals surface area contributed by atoms with Crippen LogP contribution >= 0.6 is 0 Å². The van der Waals surface area contributed by atoms with Crippen LogP contribution in [0.5, 0.6) is 0 Å². The largest absolute Gasteiger partial charge is 0.394 e. The van der Waals surface area contributed by atoms with E-state index in [9.17, 15) is 15.3 Å². The summed E-state index contributed by atoms with van der Waals surface area (Å²) in [6.07, 6.45) is -5.89. The second kappa shape index (κ2) is 5.01. The van der Waals surface area contributed by atoms with E-state index in [4.69, 9.17) is 14.6 Å². The molecule has 6 nitrogen and oxygen atoms in total. The third kappa shape index (κ3) is 2.22. The monoisotopic (exact) mass is 208 g/mol. The lowest BCUT2D eigenvalue weighted by Gasteiger charge is -2.39. The summed E-state index contributed by atoms with van der Waals surface area (Å²) in [5.74, 6) is 0. The molecule has 0 spiro atoms. The quantitative estimate of drug-likeness (QED) is 0.421. The van der Waals surface area contributed by atoms with Gasteiger partial charge in [-0.2, -0.15) is 0 Å². The highest BCUT2D eigenvalue weighted by Gasteiger charge is 2.43. The van der Waals surface area contributed by atoms with Crippen LogP contribution in [0.2, 0.25) is 0 Å². The van der Waals surface area contributed by atoms with Crippen LogP contribution in [0.25, 0.3) is 0 Å². The highest BCUT2D eigenvalue weighted by atomic mass is 16.7. The number of aliphatic hydroxyl groups excluding tert-OH is 4. The van der Waals surface area contributed by atoms with Crippen LogP contribution < -0.4 is 0 Å². The molecule has 1 heterocycles. The smallest absolute Gasteiger partial charge is 0.186 e. The number of hydrogen-bond donors (Lipinski definition) is 4. The van der Waals surface area contributed by atoms with Crippen LogP contribution in [-0.2, 0) is 9.47 Å². The third-order valence-corrected chi connectivity index (χ3v) is 2.18. The first-order valence-electron chi connectivity index (χ1n) is 4.54. The second-order valence-corrected chi connectivity index (χ2v) is 3.15. The van der Waals surface area contributed by atoms with Crippen molar-refractivity contribution in [2.75, 3.05) is 13.2 Å². The molecular formula is C8H16O6. The summed E-state index contributed by atoms with van der Waals surface area (Å²) in [4.78, 5) is 0. The Morgan fingerprint density at radius 3 is 2.29 bits per heavy atom. The molecule has 0 aliphatic carbocycles. The normalized spacial score (nSPS) is 43.9. The van der Waals surface area contributed by atoms with Gasteiger partial charge >= 0.3 is 0 Å². The molecule has 0 aromatic carbocycles. The summed E-state index contributed by atoms with van der Waals surface area (Å²) in [5.41, 5.74) is 0. The summed E-state index contributed by atoms with van der Waals surface area (Å²) in [6, 6.07) is 0. The van der Waals surface area contributed by atoms with Gasteiger partial charge in [-0.3, -0.25) is 0 Å². The fourth-order valence-corrected chi connectivity index (χ4v) is 1.37. The van der Waals surface area contributed by atoms with Gasteiger partial charge in [-0.15, -0.1) is 0 Å². The van der Waals surface area contributed by atoms with Crippen molar-refractivity contribution >= 4 is 0 Å². The molecule has 1 aliphatic heterocycles. The van der Waals surface area contributed by atoms with E-state index in [1.165, 1.54) is 0 Å². The Bertz CT molecular complexity index is 171. The van der Waals surface area contributed by atoms with Gasteiger partial charge in [0.15, 0.2) is 6.29 Å². The predicted molar refractivity (Wildman–Crippen MR) is 45.4 cm³/mol. The van der Waals surface area contributed by atoms with Gasteiger partial charge in [-0.25, -0.2) is 0 Å². The molecule has 14 heavy (non-hydrogen) atoms. The highest BCUT2D eigenvalue weighted by Crippen LogP contribution is 2.21. The first-order chi connectivity index (χ1) is 6.61. The molecule has 1 saturated heterocycles. The lowest BCUT2D eigenvalue weighted by atomic mass is 9.99. The minimum absolute atomic E-state index is 0.308. The van der Waals surface area contributed by atoms with Gasteiger partial charge in [-0.05, 0) is 6.92 Å². The number of hydrogen-bond acceptors (Lipinski definition) is 6. The molecule has 84 valence electrons. The molecule has 0 amide bonds. The van der Waals surface area contributed by atoms with Crippen molar-refractivity contribution in [3.63, 3.8) is 0 Å². The summed E-state index contributed by atoms with van der Waals surface area (Å²) < 4.78 is 10.0. The molecule has 0 bridgehead atoms. The van der Waals surface area contributed by atoms with Crippen molar-refractivity contribution in [1.82, 2.24) is 0 Å². The van der Waals surface area contributed by atoms with Crippen LogP contribution in [-0.4, -0.2) is 64.3 Å². The summed E-state index contributed by atoms with van der Waals surface area (Å²) in [6.45, 7) is 1.58. The number of rotatable bonds is 3. The van der Waals surface area contributed by atoms with E-state index in [1.54, 1.807) is 6.92 Å². The van der Waals surface area contributed by atoms with Crippen LogP contribution in [0, 0.1) is 0 Å². The Morgan fingerprint density at radius 2 is 1.79 bits per heavy atom.